The van der Waals surface area contributed by atoms with Crippen molar-refractivity contribution >= 4 is 34.0 Å². The van der Waals surface area contributed by atoms with Crippen LogP contribution in [0.2, 0.25) is 0 Å². The molecule has 0 atom stereocenters. The van der Waals surface area contributed by atoms with Crippen molar-refractivity contribution in [2.75, 3.05) is 11.9 Å². The van der Waals surface area contributed by atoms with Crippen LogP contribution in [-0.2, 0) is 11.3 Å². The average molecular weight is 424 g/mol. The number of nitrogens with one attached hydrogen (secondary N) is 3. The summed E-state index contributed by atoms with van der Waals surface area (Å²) in [6.45, 7) is 2.14. The zero-order valence-corrected chi connectivity index (χ0v) is 16.6. The first kappa shape index (κ1) is 21.4. The van der Waals surface area contributed by atoms with E-state index in [4.69, 9.17) is 0 Å². The molecule has 3 aromatic rings. The van der Waals surface area contributed by atoms with Crippen LogP contribution in [-0.4, -0.2) is 33.1 Å². The second-order valence-corrected chi connectivity index (χ2v) is 6.47. The number of hydrogen-bond acceptors (Lipinski definition) is 7. The van der Waals surface area contributed by atoms with Gasteiger partial charge < -0.3 is 5.32 Å². The van der Waals surface area contributed by atoms with Gasteiger partial charge in [0.05, 0.1) is 10.3 Å². The highest BCUT2D eigenvalue weighted by molar-refractivity contribution is 6.05. The van der Waals surface area contributed by atoms with Gasteiger partial charge in [-0.15, -0.1) is 0 Å². The molecule has 1 aromatic heterocycles. The number of nitro benzene ring substituents is 1. The van der Waals surface area contributed by atoms with Gasteiger partial charge in [-0.05, 0) is 19.1 Å². The minimum atomic E-state index is -0.668. The third-order valence-electron chi connectivity index (χ3n) is 4.47. The van der Waals surface area contributed by atoms with Gasteiger partial charge in [0, 0.05) is 31.0 Å². The molecule has 0 bridgehead atoms. The summed E-state index contributed by atoms with van der Waals surface area (Å²) < 4.78 is 1.18. The van der Waals surface area contributed by atoms with Crippen LogP contribution in [0.5, 0.6) is 0 Å². The highest BCUT2D eigenvalue weighted by Gasteiger charge is 2.17. The Balaban J connectivity index is 1.61. The number of para-hydroxylation sites is 2. The molecular weight excluding hydrogens is 404 g/mol. The van der Waals surface area contributed by atoms with Gasteiger partial charge in [-0.2, -0.15) is 5.10 Å². The summed E-state index contributed by atoms with van der Waals surface area (Å²) in [6, 6.07) is 12.7. The predicted molar refractivity (Wildman–Crippen MR) is 113 cm³/mol. The summed E-state index contributed by atoms with van der Waals surface area (Å²) >= 11 is 0. The van der Waals surface area contributed by atoms with Gasteiger partial charge in [-0.1, -0.05) is 30.3 Å². The van der Waals surface area contributed by atoms with E-state index >= 15 is 0 Å². The van der Waals surface area contributed by atoms with Crippen molar-refractivity contribution in [1.29, 1.82) is 0 Å². The van der Waals surface area contributed by atoms with E-state index in [1.165, 1.54) is 16.8 Å². The van der Waals surface area contributed by atoms with Crippen LogP contribution < -0.4 is 21.7 Å². The number of aryl methyl sites for hydroxylation is 1. The zero-order valence-electron chi connectivity index (χ0n) is 16.6. The van der Waals surface area contributed by atoms with Gasteiger partial charge in [0.1, 0.15) is 5.69 Å². The molecule has 31 heavy (non-hydrogen) atoms. The fourth-order valence-electron chi connectivity index (χ4n) is 2.96. The Morgan fingerprint density at radius 1 is 1.06 bits per heavy atom. The van der Waals surface area contributed by atoms with Gasteiger partial charge in [0.15, 0.2) is 5.69 Å². The number of rotatable bonds is 7. The Hall–Kier alpha value is -4.28. The molecule has 0 saturated heterocycles. The normalized spacial score (nSPS) is 10.5. The van der Waals surface area contributed by atoms with Crippen LogP contribution in [0, 0.1) is 10.1 Å². The van der Waals surface area contributed by atoms with Crippen molar-refractivity contribution in [2.45, 2.75) is 19.9 Å². The zero-order chi connectivity index (χ0) is 22.4. The summed E-state index contributed by atoms with van der Waals surface area (Å²) in [5.41, 5.74) is 4.47. The molecule has 0 aliphatic rings. The molecule has 11 nitrogen and oxygen atoms in total. The Morgan fingerprint density at radius 2 is 1.74 bits per heavy atom. The molecule has 0 spiro atoms. The van der Waals surface area contributed by atoms with Crippen molar-refractivity contribution in [3.05, 3.63) is 74.7 Å². The maximum atomic E-state index is 12.6. The molecule has 1 heterocycles. The number of amides is 2. The minimum absolute atomic E-state index is 0.00962. The molecule has 0 radical (unpaired) electrons. The summed E-state index contributed by atoms with van der Waals surface area (Å²) in [5, 5.41) is 18.6. The predicted octanol–water partition coefficient (Wildman–Crippen LogP) is 1.59. The van der Waals surface area contributed by atoms with E-state index in [1.54, 1.807) is 43.3 Å². The van der Waals surface area contributed by atoms with E-state index in [9.17, 15) is 24.5 Å². The Labute approximate surface area is 176 Å². The number of nitrogens with zero attached hydrogens (tertiary/aromatic N) is 3. The summed E-state index contributed by atoms with van der Waals surface area (Å²) in [6.07, 6.45) is -0.0467. The van der Waals surface area contributed by atoms with Crippen LogP contribution in [0.25, 0.3) is 10.8 Å². The van der Waals surface area contributed by atoms with Crippen molar-refractivity contribution in [1.82, 2.24) is 20.6 Å². The minimum Gasteiger partial charge on any atom is -0.379 e. The fourth-order valence-corrected chi connectivity index (χ4v) is 2.96. The lowest BCUT2D eigenvalue weighted by Gasteiger charge is -2.11. The molecule has 0 aliphatic heterocycles. The summed E-state index contributed by atoms with van der Waals surface area (Å²) in [4.78, 5) is 47.5. The van der Waals surface area contributed by atoms with Crippen molar-refractivity contribution < 1.29 is 14.5 Å². The summed E-state index contributed by atoms with van der Waals surface area (Å²) in [7, 11) is 0. The van der Waals surface area contributed by atoms with E-state index < -0.39 is 16.7 Å². The van der Waals surface area contributed by atoms with Crippen LogP contribution in [0.3, 0.4) is 0 Å². The van der Waals surface area contributed by atoms with Gasteiger partial charge in [0.2, 0.25) is 5.91 Å². The lowest BCUT2D eigenvalue weighted by Crippen LogP contribution is -2.43. The lowest BCUT2D eigenvalue weighted by atomic mass is 10.1. The second kappa shape index (κ2) is 9.48. The molecular formula is C20H20N6O5. The van der Waals surface area contributed by atoms with Gasteiger partial charge >= 0.3 is 0 Å². The number of aromatic nitrogens is 2. The first-order chi connectivity index (χ1) is 14.9. The summed E-state index contributed by atoms with van der Waals surface area (Å²) in [5.74, 6) is -1.18. The topological polar surface area (TPSA) is 148 Å². The van der Waals surface area contributed by atoms with Crippen molar-refractivity contribution in [2.24, 2.45) is 0 Å². The molecule has 11 heteroatoms. The quantitative estimate of drug-likeness (QED) is 0.385. The number of hydrazine groups is 1. The molecule has 0 unspecified atom stereocenters. The van der Waals surface area contributed by atoms with E-state index in [1.807, 2.05) is 0 Å². The first-order valence-corrected chi connectivity index (χ1v) is 9.48. The maximum absolute atomic E-state index is 12.6. The highest BCUT2D eigenvalue weighted by Crippen LogP contribution is 2.22. The number of hydrogen-bond donors (Lipinski definition) is 3. The number of carbonyl (C=O) groups excluding carboxylic acids is 2. The highest BCUT2D eigenvalue weighted by atomic mass is 16.6. The van der Waals surface area contributed by atoms with Gasteiger partial charge in [-0.3, -0.25) is 35.3 Å². The number of fused-ring (bicyclic) bond motifs is 1. The van der Waals surface area contributed by atoms with Crippen molar-refractivity contribution in [3.8, 4) is 0 Å². The third-order valence-corrected chi connectivity index (χ3v) is 4.47. The SMILES string of the molecule is CCn1nc(C(=O)NNC(=O)CCNc2ccccc2[N+](=O)[O-])c2ccccc2c1=O. The van der Waals surface area contributed by atoms with Crippen LogP contribution >= 0.6 is 0 Å². The molecule has 0 aliphatic carbocycles. The standard InChI is InChI=1S/C20H20N6O5/c1-2-25-20(29)14-8-4-3-7-13(14)18(24-25)19(28)23-22-17(27)11-12-21-15-9-5-6-10-16(15)26(30)31/h3-10,21H,2,11-12H2,1H3,(H,22,27)(H,23,28). The molecule has 2 amide bonds. The molecule has 3 N–H and O–H groups in total. The molecule has 2 aromatic carbocycles. The fraction of sp³-hybridized carbons (Fsp3) is 0.200. The monoisotopic (exact) mass is 424 g/mol. The van der Waals surface area contributed by atoms with E-state index in [0.717, 1.165) is 0 Å². The maximum Gasteiger partial charge on any atom is 0.292 e. The lowest BCUT2D eigenvalue weighted by molar-refractivity contribution is -0.384. The van der Waals surface area contributed by atoms with Crippen LogP contribution in [0.4, 0.5) is 11.4 Å². The van der Waals surface area contributed by atoms with E-state index in [-0.39, 0.29) is 36.5 Å². The number of anilines is 1. The second-order valence-electron chi connectivity index (χ2n) is 6.47. The average Bonchev–Trinajstić information content (AvgIpc) is 2.78. The van der Waals surface area contributed by atoms with E-state index in [2.05, 4.69) is 21.3 Å². The number of benzene rings is 2. The van der Waals surface area contributed by atoms with Gasteiger partial charge in [0.25, 0.3) is 17.2 Å². The Bertz CT molecular complexity index is 1210. The van der Waals surface area contributed by atoms with Crippen LogP contribution in [0.15, 0.2) is 53.3 Å². The first-order valence-electron chi connectivity index (χ1n) is 9.48. The van der Waals surface area contributed by atoms with Crippen molar-refractivity contribution in [3.63, 3.8) is 0 Å². The molecule has 3 rings (SSSR count). The number of nitro groups is 1. The Morgan fingerprint density at radius 3 is 2.45 bits per heavy atom. The van der Waals surface area contributed by atoms with Gasteiger partial charge in [-0.25, -0.2) is 4.68 Å². The Kier molecular flexibility index (Phi) is 6.55. The largest absolute Gasteiger partial charge is 0.379 e. The number of carbonyl (C=O) groups is 2. The van der Waals surface area contributed by atoms with Crippen LogP contribution in [0.1, 0.15) is 23.8 Å². The molecule has 0 saturated carbocycles. The van der Waals surface area contributed by atoms with E-state index in [0.29, 0.717) is 16.5 Å². The smallest absolute Gasteiger partial charge is 0.292 e. The third kappa shape index (κ3) is 4.83. The molecule has 160 valence electrons. The molecule has 0 fully saturated rings.